The number of amides is 1. The Morgan fingerprint density at radius 1 is 0.818 bits per heavy atom. The van der Waals surface area contributed by atoms with Gasteiger partial charge in [-0.2, -0.15) is 0 Å². The SMILES string of the molecule is CNCCOCCOCC(=O)NCCOCCOCC(=O)O. The summed E-state index contributed by atoms with van der Waals surface area (Å²) in [4.78, 5) is 21.5. The zero-order chi connectivity index (χ0) is 16.5. The average Bonchev–Trinajstić information content (AvgIpc) is 2.48. The van der Waals surface area contributed by atoms with E-state index in [4.69, 9.17) is 24.1 Å². The minimum absolute atomic E-state index is 0.0168. The summed E-state index contributed by atoms with van der Waals surface area (Å²) in [7, 11) is 1.84. The molecule has 0 aliphatic rings. The number of carboxylic acid groups (broad SMARTS) is 1. The van der Waals surface area contributed by atoms with Crippen LogP contribution in [0, 0.1) is 0 Å². The normalized spacial score (nSPS) is 10.6. The summed E-state index contributed by atoms with van der Waals surface area (Å²) in [6, 6.07) is 0. The predicted molar refractivity (Wildman–Crippen MR) is 77.8 cm³/mol. The van der Waals surface area contributed by atoms with Gasteiger partial charge in [0.2, 0.25) is 5.91 Å². The molecule has 0 aliphatic carbocycles. The molecule has 1 amide bonds. The third kappa shape index (κ3) is 16.8. The molecular formula is C13H26N2O7. The Hall–Kier alpha value is -1.26. The fraction of sp³-hybridized carbons (Fsp3) is 0.846. The van der Waals surface area contributed by atoms with Gasteiger partial charge in [0.25, 0.3) is 0 Å². The van der Waals surface area contributed by atoms with E-state index in [0.29, 0.717) is 33.0 Å². The molecule has 0 radical (unpaired) electrons. The molecule has 9 nitrogen and oxygen atoms in total. The van der Waals surface area contributed by atoms with Gasteiger partial charge in [0.1, 0.15) is 13.2 Å². The zero-order valence-electron chi connectivity index (χ0n) is 13.0. The molecule has 0 atom stereocenters. The Kier molecular flexibility index (Phi) is 15.2. The third-order valence-corrected chi connectivity index (χ3v) is 2.27. The Morgan fingerprint density at radius 3 is 1.95 bits per heavy atom. The zero-order valence-corrected chi connectivity index (χ0v) is 13.0. The molecule has 0 rings (SSSR count). The van der Waals surface area contributed by atoms with Gasteiger partial charge < -0.3 is 34.7 Å². The van der Waals surface area contributed by atoms with Gasteiger partial charge in [-0.05, 0) is 7.05 Å². The van der Waals surface area contributed by atoms with Crippen molar-refractivity contribution in [1.82, 2.24) is 10.6 Å². The number of rotatable bonds is 16. The van der Waals surface area contributed by atoms with E-state index in [1.54, 1.807) is 0 Å². The Balaban J connectivity index is 3.17. The standard InChI is InChI=1S/C13H26N2O7/c1-14-2-4-19-6-8-21-10-12(16)15-3-5-20-7-9-22-11-13(17)18/h14H,2-11H2,1H3,(H,15,16)(H,17,18). The first-order valence-electron chi connectivity index (χ1n) is 7.11. The highest BCUT2D eigenvalue weighted by molar-refractivity contribution is 5.77. The van der Waals surface area contributed by atoms with E-state index in [0.717, 1.165) is 6.54 Å². The second-order valence-corrected chi connectivity index (χ2v) is 4.18. The van der Waals surface area contributed by atoms with Crippen molar-refractivity contribution < 1.29 is 33.6 Å². The topological polar surface area (TPSA) is 115 Å². The summed E-state index contributed by atoms with van der Waals surface area (Å²) in [5.74, 6) is -1.24. The molecule has 0 fully saturated rings. The fourth-order valence-corrected chi connectivity index (χ4v) is 1.25. The van der Waals surface area contributed by atoms with E-state index < -0.39 is 5.97 Å². The number of ether oxygens (including phenoxy) is 4. The van der Waals surface area contributed by atoms with Crippen molar-refractivity contribution in [2.75, 3.05) is 73.0 Å². The Morgan fingerprint density at radius 2 is 1.36 bits per heavy atom. The number of aliphatic carboxylic acids is 1. The summed E-state index contributed by atoms with van der Waals surface area (Å²) in [5.41, 5.74) is 0. The van der Waals surface area contributed by atoms with E-state index >= 15 is 0 Å². The Bertz CT molecular complexity index is 290. The number of nitrogens with one attached hydrogen (secondary N) is 2. The van der Waals surface area contributed by atoms with Crippen molar-refractivity contribution in [1.29, 1.82) is 0 Å². The lowest BCUT2D eigenvalue weighted by atomic mass is 10.6. The van der Waals surface area contributed by atoms with Crippen LogP contribution >= 0.6 is 0 Å². The van der Waals surface area contributed by atoms with Crippen LogP contribution in [0.5, 0.6) is 0 Å². The lowest BCUT2D eigenvalue weighted by Crippen LogP contribution is -2.31. The van der Waals surface area contributed by atoms with Crippen molar-refractivity contribution in [3.8, 4) is 0 Å². The summed E-state index contributed by atoms with van der Waals surface area (Å²) in [6.45, 7) is 3.03. The molecule has 22 heavy (non-hydrogen) atoms. The lowest BCUT2D eigenvalue weighted by molar-refractivity contribution is -0.142. The van der Waals surface area contributed by atoms with Crippen LogP contribution in [0.3, 0.4) is 0 Å². The number of carbonyl (C=O) groups excluding carboxylic acids is 1. The number of likely N-dealkylation sites (N-methyl/N-ethyl adjacent to an activating group) is 1. The maximum Gasteiger partial charge on any atom is 0.329 e. The van der Waals surface area contributed by atoms with Gasteiger partial charge in [0.05, 0.1) is 39.6 Å². The molecule has 130 valence electrons. The van der Waals surface area contributed by atoms with Crippen LogP contribution in [0.15, 0.2) is 0 Å². The highest BCUT2D eigenvalue weighted by atomic mass is 16.5. The van der Waals surface area contributed by atoms with Crippen molar-refractivity contribution in [2.24, 2.45) is 0 Å². The summed E-state index contributed by atoms with van der Waals surface area (Å²) < 4.78 is 20.3. The van der Waals surface area contributed by atoms with Gasteiger partial charge in [-0.1, -0.05) is 0 Å². The molecule has 0 aromatic rings. The molecule has 0 saturated heterocycles. The average molecular weight is 322 g/mol. The molecule has 0 spiro atoms. The van der Waals surface area contributed by atoms with E-state index in [-0.39, 0.29) is 32.3 Å². The number of carbonyl (C=O) groups is 2. The van der Waals surface area contributed by atoms with E-state index in [1.807, 2.05) is 7.05 Å². The summed E-state index contributed by atoms with van der Waals surface area (Å²) >= 11 is 0. The van der Waals surface area contributed by atoms with E-state index in [1.165, 1.54) is 0 Å². The molecule has 0 bridgehead atoms. The molecule has 0 heterocycles. The van der Waals surface area contributed by atoms with Crippen molar-refractivity contribution in [3.05, 3.63) is 0 Å². The van der Waals surface area contributed by atoms with E-state index in [9.17, 15) is 9.59 Å². The molecule has 0 aromatic carbocycles. The predicted octanol–water partition coefficient (Wildman–Crippen LogP) is -1.53. The van der Waals surface area contributed by atoms with Crippen LogP contribution in [0.4, 0.5) is 0 Å². The number of hydrogen-bond acceptors (Lipinski definition) is 7. The molecular weight excluding hydrogens is 296 g/mol. The van der Waals surface area contributed by atoms with Crippen LogP contribution in [0.2, 0.25) is 0 Å². The largest absolute Gasteiger partial charge is 0.480 e. The third-order valence-electron chi connectivity index (χ3n) is 2.27. The molecule has 3 N–H and O–H groups in total. The van der Waals surface area contributed by atoms with Gasteiger partial charge in [0, 0.05) is 13.1 Å². The van der Waals surface area contributed by atoms with Crippen molar-refractivity contribution >= 4 is 11.9 Å². The van der Waals surface area contributed by atoms with Crippen LogP contribution in [-0.4, -0.2) is 90.0 Å². The van der Waals surface area contributed by atoms with Gasteiger partial charge in [0.15, 0.2) is 0 Å². The van der Waals surface area contributed by atoms with Crippen LogP contribution in [0.25, 0.3) is 0 Å². The highest BCUT2D eigenvalue weighted by Crippen LogP contribution is 1.81. The smallest absolute Gasteiger partial charge is 0.329 e. The summed E-state index contributed by atoms with van der Waals surface area (Å²) in [6.07, 6.45) is 0. The van der Waals surface area contributed by atoms with Gasteiger partial charge in [-0.3, -0.25) is 4.79 Å². The number of carboxylic acids is 1. The van der Waals surface area contributed by atoms with Crippen molar-refractivity contribution in [3.63, 3.8) is 0 Å². The maximum atomic E-state index is 11.4. The molecule has 0 aliphatic heterocycles. The minimum atomic E-state index is -1.01. The lowest BCUT2D eigenvalue weighted by Gasteiger charge is -2.07. The first-order chi connectivity index (χ1) is 10.7. The highest BCUT2D eigenvalue weighted by Gasteiger charge is 2.01. The number of hydrogen-bond donors (Lipinski definition) is 3. The fourth-order valence-electron chi connectivity index (χ4n) is 1.25. The molecule has 0 unspecified atom stereocenters. The Labute approximate surface area is 130 Å². The van der Waals surface area contributed by atoms with Crippen LogP contribution in [-0.2, 0) is 28.5 Å². The van der Waals surface area contributed by atoms with E-state index in [2.05, 4.69) is 10.6 Å². The molecule has 0 aromatic heterocycles. The summed E-state index contributed by atoms with van der Waals surface area (Å²) in [5, 5.41) is 13.9. The first kappa shape index (κ1) is 20.7. The van der Waals surface area contributed by atoms with Gasteiger partial charge >= 0.3 is 5.97 Å². The maximum absolute atomic E-state index is 11.4. The molecule has 0 saturated carbocycles. The first-order valence-corrected chi connectivity index (χ1v) is 7.11. The van der Waals surface area contributed by atoms with Crippen molar-refractivity contribution in [2.45, 2.75) is 0 Å². The second-order valence-electron chi connectivity index (χ2n) is 4.18. The van der Waals surface area contributed by atoms with Crippen LogP contribution in [0.1, 0.15) is 0 Å². The monoisotopic (exact) mass is 322 g/mol. The van der Waals surface area contributed by atoms with Gasteiger partial charge in [-0.15, -0.1) is 0 Å². The van der Waals surface area contributed by atoms with Crippen LogP contribution < -0.4 is 10.6 Å². The minimum Gasteiger partial charge on any atom is -0.480 e. The second kappa shape index (κ2) is 16.1. The quantitative estimate of drug-likeness (QED) is 0.293. The molecule has 9 heteroatoms. The van der Waals surface area contributed by atoms with Gasteiger partial charge in [-0.25, -0.2) is 4.79 Å².